The van der Waals surface area contributed by atoms with Crippen LogP contribution in [0.3, 0.4) is 0 Å². The smallest absolute Gasteiger partial charge is 0.255 e. The van der Waals surface area contributed by atoms with Crippen LogP contribution in [0.5, 0.6) is 0 Å². The molecule has 0 N–H and O–H groups in total. The van der Waals surface area contributed by atoms with E-state index in [9.17, 15) is 9.18 Å². The number of nitrogens with zero attached hydrogens (tertiary/aromatic N) is 5. The van der Waals surface area contributed by atoms with Crippen molar-refractivity contribution in [2.45, 2.75) is 18.9 Å². The highest BCUT2D eigenvalue weighted by atomic mass is 19.1. The quantitative estimate of drug-likeness (QED) is 0.627. The number of benzene rings is 1. The molecule has 1 atom stereocenters. The Hall–Kier alpha value is -3.26. The van der Waals surface area contributed by atoms with E-state index in [0.717, 1.165) is 24.8 Å². The van der Waals surface area contributed by atoms with Gasteiger partial charge in [0.05, 0.1) is 25.0 Å². The zero-order valence-corrected chi connectivity index (χ0v) is 18.1. The monoisotopic (exact) mass is 435 g/mol. The van der Waals surface area contributed by atoms with Crippen LogP contribution in [-0.2, 0) is 11.8 Å². The van der Waals surface area contributed by atoms with Gasteiger partial charge in [0.1, 0.15) is 6.10 Å². The van der Waals surface area contributed by atoms with Gasteiger partial charge < -0.3 is 14.5 Å². The van der Waals surface area contributed by atoms with E-state index in [1.54, 1.807) is 7.05 Å². The molecule has 4 heterocycles. The Morgan fingerprint density at radius 1 is 1.06 bits per heavy atom. The van der Waals surface area contributed by atoms with Crippen LogP contribution in [0.4, 0.5) is 16.0 Å². The van der Waals surface area contributed by atoms with Gasteiger partial charge >= 0.3 is 0 Å². The summed E-state index contributed by atoms with van der Waals surface area (Å²) in [6.45, 7) is 3.90. The van der Waals surface area contributed by atoms with Crippen LogP contribution in [-0.4, -0.2) is 47.3 Å². The predicted octanol–water partition coefficient (Wildman–Crippen LogP) is 3.16. The minimum Gasteiger partial charge on any atom is -0.372 e. The second kappa shape index (κ2) is 8.70. The highest BCUT2D eigenvalue weighted by Crippen LogP contribution is 2.28. The SMILES string of the molecule is Cn1c(N2CCOC(c3ccc(N4CCCC4)cc3)C2)nc(-c2ccncc2F)cc1=O. The molecule has 2 fully saturated rings. The maximum absolute atomic E-state index is 14.3. The summed E-state index contributed by atoms with van der Waals surface area (Å²) >= 11 is 0. The molecule has 8 heteroatoms. The van der Waals surface area contributed by atoms with Crippen LogP contribution >= 0.6 is 0 Å². The third-order valence-electron chi connectivity index (χ3n) is 6.25. The van der Waals surface area contributed by atoms with Crippen molar-refractivity contribution in [2.75, 3.05) is 42.6 Å². The maximum Gasteiger partial charge on any atom is 0.255 e. The minimum absolute atomic E-state index is 0.130. The molecule has 166 valence electrons. The summed E-state index contributed by atoms with van der Waals surface area (Å²) in [4.78, 5) is 25.5. The van der Waals surface area contributed by atoms with Gasteiger partial charge in [-0.2, -0.15) is 0 Å². The summed E-state index contributed by atoms with van der Waals surface area (Å²) in [5.41, 5.74) is 2.68. The molecule has 0 saturated carbocycles. The molecule has 0 bridgehead atoms. The molecular weight excluding hydrogens is 409 g/mol. The number of aromatic nitrogens is 3. The maximum atomic E-state index is 14.3. The first-order chi connectivity index (χ1) is 15.6. The van der Waals surface area contributed by atoms with Crippen molar-refractivity contribution >= 4 is 11.6 Å². The molecule has 2 saturated heterocycles. The van der Waals surface area contributed by atoms with Crippen molar-refractivity contribution in [1.29, 1.82) is 0 Å². The molecule has 0 spiro atoms. The average Bonchev–Trinajstić information content (AvgIpc) is 3.36. The van der Waals surface area contributed by atoms with Crippen molar-refractivity contribution in [3.05, 3.63) is 70.5 Å². The number of halogens is 1. The lowest BCUT2D eigenvalue weighted by atomic mass is 10.1. The standard InChI is InChI=1S/C24H26FN5O2/c1-28-23(31)14-21(19-8-9-26-15-20(19)25)27-24(28)30-12-13-32-22(16-30)17-4-6-18(7-5-17)29-10-2-3-11-29/h4-9,14-15,22H,2-3,10-13,16H2,1H3. The zero-order chi connectivity index (χ0) is 22.1. The number of morpholine rings is 1. The normalized spacial score (nSPS) is 18.9. The van der Waals surface area contributed by atoms with E-state index >= 15 is 0 Å². The molecule has 32 heavy (non-hydrogen) atoms. The lowest BCUT2D eigenvalue weighted by Gasteiger charge is -2.34. The lowest BCUT2D eigenvalue weighted by molar-refractivity contribution is 0.0390. The number of rotatable bonds is 4. The lowest BCUT2D eigenvalue weighted by Crippen LogP contribution is -2.41. The molecule has 5 rings (SSSR count). The first-order valence-corrected chi connectivity index (χ1v) is 11.0. The van der Waals surface area contributed by atoms with Crippen molar-refractivity contribution in [3.8, 4) is 11.3 Å². The molecule has 3 aromatic rings. The summed E-state index contributed by atoms with van der Waals surface area (Å²) < 4.78 is 21.8. The number of anilines is 2. The third kappa shape index (κ3) is 3.98. The highest BCUT2D eigenvalue weighted by molar-refractivity contribution is 5.60. The predicted molar refractivity (Wildman–Crippen MR) is 121 cm³/mol. The number of hydrogen-bond donors (Lipinski definition) is 0. The van der Waals surface area contributed by atoms with Gasteiger partial charge in [-0.3, -0.25) is 14.3 Å². The second-order valence-electron chi connectivity index (χ2n) is 8.29. The van der Waals surface area contributed by atoms with Crippen molar-refractivity contribution in [3.63, 3.8) is 0 Å². The third-order valence-corrected chi connectivity index (χ3v) is 6.25. The minimum atomic E-state index is -0.503. The molecule has 7 nitrogen and oxygen atoms in total. The second-order valence-corrected chi connectivity index (χ2v) is 8.29. The fourth-order valence-corrected chi connectivity index (χ4v) is 4.44. The summed E-state index contributed by atoms with van der Waals surface area (Å²) in [7, 11) is 1.69. The number of hydrogen-bond acceptors (Lipinski definition) is 6. The molecule has 0 radical (unpaired) electrons. The summed E-state index contributed by atoms with van der Waals surface area (Å²) in [6, 6.07) is 11.4. The Bertz CT molecular complexity index is 1160. The van der Waals surface area contributed by atoms with Crippen LogP contribution in [0.15, 0.2) is 53.6 Å². The Kier molecular flexibility index (Phi) is 5.61. The molecular formula is C24H26FN5O2. The van der Waals surface area contributed by atoms with E-state index in [4.69, 9.17) is 4.74 Å². The zero-order valence-electron chi connectivity index (χ0n) is 18.1. The Labute approximate surface area is 186 Å². The molecule has 0 aliphatic carbocycles. The van der Waals surface area contributed by atoms with Crippen molar-refractivity contribution in [2.24, 2.45) is 7.05 Å². The van der Waals surface area contributed by atoms with Gasteiger partial charge in [0.25, 0.3) is 5.56 Å². The van der Waals surface area contributed by atoms with Gasteiger partial charge in [-0.15, -0.1) is 0 Å². The van der Waals surface area contributed by atoms with Gasteiger partial charge in [-0.1, -0.05) is 12.1 Å². The Morgan fingerprint density at radius 3 is 2.59 bits per heavy atom. The van der Waals surface area contributed by atoms with Crippen molar-refractivity contribution < 1.29 is 9.13 Å². The summed E-state index contributed by atoms with van der Waals surface area (Å²) in [5, 5.41) is 0. The Morgan fingerprint density at radius 2 is 1.84 bits per heavy atom. The number of ether oxygens (including phenoxy) is 1. The van der Waals surface area contributed by atoms with Crippen LogP contribution in [0.2, 0.25) is 0 Å². The van der Waals surface area contributed by atoms with Crippen LogP contribution in [0.1, 0.15) is 24.5 Å². The number of pyridine rings is 1. The van der Waals surface area contributed by atoms with E-state index in [2.05, 4.69) is 39.1 Å². The summed E-state index contributed by atoms with van der Waals surface area (Å²) in [5.74, 6) is 0.00264. The molecule has 1 aromatic carbocycles. The highest BCUT2D eigenvalue weighted by Gasteiger charge is 2.26. The summed E-state index contributed by atoms with van der Waals surface area (Å²) in [6.07, 6.45) is 4.99. The van der Waals surface area contributed by atoms with Gasteiger partial charge in [0, 0.05) is 50.2 Å². The molecule has 2 aliphatic rings. The molecule has 2 aromatic heterocycles. The van der Waals surface area contributed by atoms with E-state index in [-0.39, 0.29) is 17.2 Å². The fraction of sp³-hybridized carbons (Fsp3) is 0.375. The largest absolute Gasteiger partial charge is 0.372 e. The first kappa shape index (κ1) is 20.6. The fourth-order valence-electron chi connectivity index (χ4n) is 4.44. The van der Waals surface area contributed by atoms with Gasteiger partial charge in [0.2, 0.25) is 5.95 Å². The Balaban J connectivity index is 1.40. The molecule has 1 unspecified atom stereocenters. The molecule has 2 aliphatic heterocycles. The van der Waals surface area contributed by atoms with E-state index < -0.39 is 5.82 Å². The van der Waals surface area contributed by atoms with Gasteiger partial charge in [-0.05, 0) is 36.6 Å². The topological polar surface area (TPSA) is 63.5 Å². The van der Waals surface area contributed by atoms with Gasteiger partial charge in [0.15, 0.2) is 5.82 Å². The van der Waals surface area contributed by atoms with Crippen LogP contribution in [0, 0.1) is 5.82 Å². The first-order valence-electron chi connectivity index (χ1n) is 11.0. The van der Waals surface area contributed by atoms with Crippen molar-refractivity contribution in [1.82, 2.24) is 14.5 Å². The molecule has 0 amide bonds. The van der Waals surface area contributed by atoms with Crippen LogP contribution in [0.25, 0.3) is 11.3 Å². The van der Waals surface area contributed by atoms with Crippen LogP contribution < -0.4 is 15.4 Å². The van der Waals surface area contributed by atoms with Gasteiger partial charge in [-0.25, -0.2) is 9.37 Å². The van der Waals surface area contributed by atoms with E-state index in [1.165, 1.54) is 41.4 Å². The average molecular weight is 436 g/mol. The van der Waals surface area contributed by atoms with E-state index in [0.29, 0.717) is 31.3 Å². The van der Waals surface area contributed by atoms with E-state index in [1.807, 2.05) is 4.90 Å².